The van der Waals surface area contributed by atoms with Gasteiger partial charge in [0.25, 0.3) is 0 Å². The number of fused-ring (bicyclic) bond motifs is 1. The van der Waals surface area contributed by atoms with Gasteiger partial charge in [0.15, 0.2) is 0 Å². The zero-order chi connectivity index (χ0) is 14.0. The lowest BCUT2D eigenvalue weighted by atomic mass is 10.2. The fraction of sp³-hybridized carbons (Fsp3) is 0.417. The van der Waals surface area contributed by atoms with E-state index >= 15 is 0 Å². The summed E-state index contributed by atoms with van der Waals surface area (Å²) in [4.78, 5) is 11.4. The maximum absolute atomic E-state index is 12.2. The predicted molar refractivity (Wildman–Crippen MR) is 72.2 cm³/mol. The van der Waals surface area contributed by atoms with Crippen LogP contribution in [0.2, 0.25) is 0 Å². The van der Waals surface area contributed by atoms with E-state index in [0.717, 1.165) is 0 Å². The average molecular weight is 283 g/mol. The molecule has 2 rings (SSSR count). The molecule has 1 amide bonds. The number of anilines is 1. The summed E-state index contributed by atoms with van der Waals surface area (Å²) in [5.41, 5.74) is 6.87. The molecule has 104 valence electrons. The molecule has 0 saturated carbocycles. The van der Waals surface area contributed by atoms with Gasteiger partial charge in [-0.3, -0.25) is 4.79 Å². The number of nitrogens with one attached hydrogen (secondary N) is 2. The second-order valence-corrected chi connectivity index (χ2v) is 6.22. The third-order valence-corrected chi connectivity index (χ3v) is 4.63. The molecule has 4 N–H and O–H groups in total. The Kier molecular flexibility index (Phi) is 3.88. The molecule has 0 fully saturated rings. The minimum absolute atomic E-state index is 0.120. The monoisotopic (exact) mass is 283 g/mol. The minimum Gasteiger partial charge on any atom is -0.329 e. The van der Waals surface area contributed by atoms with Gasteiger partial charge in [-0.1, -0.05) is 6.92 Å². The molecule has 6 nitrogen and oxygen atoms in total. The molecule has 0 radical (unpaired) electrons. The number of amides is 1. The van der Waals surface area contributed by atoms with E-state index in [0.29, 0.717) is 17.7 Å². The standard InChI is InChI=1S/C12H17N3O3S/c1-2-9(7-13)15-19(17,18)10-3-4-11-8(5-10)6-12(16)14-11/h3-5,9,15H,2,6-7,13H2,1H3,(H,14,16). The molecule has 19 heavy (non-hydrogen) atoms. The molecule has 1 aliphatic heterocycles. The van der Waals surface area contributed by atoms with Gasteiger partial charge in [0.1, 0.15) is 0 Å². The van der Waals surface area contributed by atoms with E-state index in [9.17, 15) is 13.2 Å². The van der Waals surface area contributed by atoms with Crippen molar-refractivity contribution in [1.82, 2.24) is 4.72 Å². The van der Waals surface area contributed by atoms with E-state index < -0.39 is 10.0 Å². The molecule has 0 aromatic heterocycles. The Labute approximate surface area is 112 Å². The quantitative estimate of drug-likeness (QED) is 0.718. The lowest BCUT2D eigenvalue weighted by Crippen LogP contribution is -2.39. The SMILES string of the molecule is CCC(CN)NS(=O)(=O)c1ccc2c(c1)CC(=O)N2. The first-order valence-corrected chi connectivity index (χ1v) is 7.59. The number of sulfonamides is 1. The summed E-state index contributed by atoms with van der Waals surface area (Å²) in [5.74, 6) is -0.120. The zero-order valence-corrected chi connectivity index (χ0v) is 11.5. The predicted octanol–water partition coefficient (Wildman–Crippen LogP) is 0.197. The van der Waals surface area contributed by atoms with Gasteiger partial charge in [-0.25, -0.2) is 13.1 Å². The first-order chi connectivity index (χ1) is 8.96. The maximum Gasteiger partial charge on any atom is 0.240 e. The lowest BCUT2D eigenvalue weighted by molar-refractivity contribution is -0.115. The van der Waals surface area contributed by atoms with Crippen LogP contribution in [-0.2, 0) is 21.2 Å². The second-order valence-electron chi connectivity index (χ2n) is 4.51. The number of carbonyl (C=O) groups excluding carboxylic acids is 1. The van der Waals surface area contributed by atoms with Crippen molar-refractivity contribution in [2.45, 2.75) is 30.7 Å². The molecule has 0 aliphatic carbocycles. The number of carbonyl (C=O) groups is 1. The van der Waals surface area contributed by atoms with Crippen molar-refractivity contribution in [2.24, 2.45) is 5.73 Å². The molecule has 1 unspecified atom stereocenters. The van der Waals surface area contributed by atoms with E-state index in [4.69, 9.17) is 5.73 Å². The molecular formula is C12H17N3O3S. The van der Waals surface area contributed by atoms with Gasteiger partial charge in [0, 0.05) is 18.3 Å². The van der Waals surface area contributed by atoms with Crippen LogP contribution in [0.3, 0.4) is 0 Å². The number of nitrogens with two attached hydrogens (primary N) is 1. The molecule has 7 heteroatoms. The van der Waals surface area contributed by atoms with Gasteiger partial charge in [0.05, 0.1) is 11.3 Å². The van der Waals surface area contributed by atoms with Crippen LogP contribution in [0.15, 0.2) is 23.1 Å². The Morgan fingerprint density at radius 3 is 2.84 bits per heavy atom. The van der Waals surface area contributed by atoms with Crippen molar-refractivity contribution >= 4 is 21.6 Å². The third kappa shape index (κ3) is 2.94. The highest BCUT2D eigenvalue weighted by molar-refractivity contribution is 7.89. The molecule has 1 aromatic carbocycles. The Morgan fingerprint density at radius 2 is 2.21 bits per heavy atom. The lowest BCUT2D eigenvalue weighted by Gasteiger charge is -2.15. The van der Waals surface area contributed by atoms with Crippen LogP contribution < -0.4 is 15.8 Å². The minimum atomic E-state index is -3.59. The topological polar surface area (TPSA) is 101 Å². The Hall–Kier alpha value is -1.44. The summed E-state index contributed by atoms with van der Waals surface area (Å²) < 4.78 is 26.9. The van der Waals surface area contributed by atoms with Gasteiger partial charge in [-0.2, -0.15) is 0 Å². The Balaban J connectivity index is 2.27. The van der Waals surface area contributed by atoms with E-state index in [-0.39, 0.29) is 29.8 Å². The van der Waals surface area contributed by atoms with Crippen LogP contribution in [0.1, 0.15) is 18.9 Å². The molecule has 0 bridgehead atoms. The van der Waals surface area contributed by atoms with Gasteiger partial charge < -0.3 is 11.1 Å². The highest BCUT2D eigenvalue weighted by Crippen LogP contribution is 2.25. The molecule has 1 heterocycles. The number of hydrogen-bond donors (Lipinski definition) is 3. The van der Waals surface area contributed by atoms with Crippen molar-refractivity contribution in [3.05, 3.63) is 23.8 Å². The van der Waals surface area contributed by atoms with Gasteiger partial charge in [-0.15, -0.1) is 0 Å². The van der Waals surface area contributed by atoms with Crippen LogP contribution in [0.25, 0.3) is 0 Å². The summed E-state index contributed by atoms with van der Waals surface area (Å²) in [6.07, 6.45) is 0.841. The fourth-order valence-electron chi connectivity index (χ4n) is 1.96. The maximum atomic E-state index is 12.2. The summed E-state index contributed by atoms with van der Waals surface area (Å²) in [5, 5.41) is 2.66. The van der Waals surface area contributed by atoms with Crippen LogP contribution in [0, 0.1) is 0 Å². The number of rotatable bonds is 5. The molecule has 1 aromatic rings. The molecule has 1 atom stereocenters. The number of hydrogen-bond acceptors (Lipinski definition) is 4. The van der Waals surface area contributed by atoms with Crippen molar-refractivity contribution < 1.29 is 13.2 Å². The molecule has 1 aliphatic rings. The van der Waals surface area contributed by atoms with Crippen molar-refractivity contribution in [3.63, 3.8) is 0 Å². The molecule has 0 spiro atoms. The third-order valence-electron chi connectivity index (χ3n) is 3.11. The van der Waals surface area contributed by atoms with E-state index in [1.807, 2.05) is 6.92 Å². The summed E-state index contributed by atoms with van der Waals surface area (Å²) in [7, 11) is -3.59. The van der Waals surface area contributed by atoms with Gasteiger partial charge in [-0.05, 0) is 30.2 Å². The van der Waals surface area contributed by atoms with Crippen LogP contribution >= 0.6 is 0 Å². The van der Waals surface area contributed by atoms with Crippen LogP contribution in [-0.4, -0.2) is 26.9 Å². The fourth-order valence-corrected chi connectivity index (χ4v) is 3.34. The smallest absolute Gasteiger partial charge is 0.240 e. The van der Waals surface area contributed by atoms with Gasteiger partial charge >= 0.3 is 0 Å². The first kappa shape index (κ1) is 14.0. The normalized spacial score (nSPS) is 16.0. The highest BCUT2D eigenvalue weighted by Gasteiger charge is 2.23. The Morgan fingerprint density at radius 1 is 1.47 bits per heavy atom. The zero-order valence-electron chi connectivity index (χ0n) is 10.6. The van der Waals surface area contributed by atoms with Crippen molar-refractivity contribution in [1.29, 1.82) is 0 Å². The van der Waals surface area contributed by atoms with Crippen LogP contribution in [0.5, 0.6) is 0 Å². The van der Waals surface area contributed by atoms with E-state index in [2.05, 4.69) is 10.0 Å². The van der Waals surface area contributed by atoms with E-state index in [1.165, 1.54) is 12.1 Å². The van der Waals surface area contributed by atoms with Crippen molar-refractivity contribution in [3.8, 4) is 0 Å². The summed E-state index contributed by atoms with van der Waals surface area (Å²) in [6.45, 7) is 2.12. The van der Waals surface area contributed by atoms with Crippen LogP contribution in [0.4, 0.5) is 5.69 Å². The van der Waals surface area contributed by atoms with Gasteiger partial charge in [0.2, 0.25) is 15.9 Å². The second kappa shape index (κ2) is 5.28. The summed E-state index contributed by atoms with van der Waals surface area (Å²) >= 11 is 0. The highest BCUT2D eigenvalue weighted by atomic mass is 32.2. The average Bonchev–Trinajstić information content (AvgIpc) is 2.74. The van der Waals surface area contributed by atoms with Crippen molar-refractivity contribution in [2.75, 3.05) is 11.9 Å². The molecule has 0 saturated heterocycles. The largest absolute Gasteiger partial charge is 0.329 e. The Bertz CT molecular complexity index is 594. The van der Waals surface area contributed by atoms with E-state index in [1.54, 1.807) is 6.07 Å². The first-order valence-electron chi connectivity index (χ1n) is 6.11. The number of benzene rings is 1. The summed E-state index contributed by atoms with van der Waals surface area (Å²) in [6, 6.07) is 4.34. The molecular weight excluding hydrogens is 266 g/mol.